The topological polar surface area (TPSA) is 29.1 Å². The van der Waals surface area contributed by atoms with Crippen LogP contribution in [0.1, 0.15) is 13.3 Å². The molecule has 0 aliphatic heterocycles. The van der Waals surface area contributed by atoms with Crippen LogP contribution < -0.4 is 5.32 Å². The molecule has 0 bridgehead atoms. The van der Waals surface area contributed by atoms with Gasteiger partial charge in [-0.1, -0.05) is 29.8 Å². The van der Waals surface area contributed by atoms with Crippen molar-refractivity contribution in [1.82, 2.24) is 0 Å². The fraction of sp³-hybridized carbons (Fsp3) is 0.182. The van der Waals surface area contributed by atoms with Crippen molar-refractivity contribution in [2.75, 3.05) is 5.32 Å². The van der Waals surface area contributed by atoms with Crippen molar-refractivity contribution in [2.24, 2.45) is 0 Å². The molecule has 0 fully saturated rings. The summed E-state index contributed by atoms with van der Waals surface area (Å²) in [6, 6.07) is 5.10. The van der Waals surface area contributed by atoms with Crippen LogP contribution in [0.5, 0.6) is 0 Å². The van der Waals surface area contributed by atoms with E-state index in [0.29, 0.717) is 27.9 Å². The highest BCUT2D eigenvalue weighted by Crippen LogP contribution is 2.26. The molecule has 0 spiro atoms. The van der Waals surface area contributed by atoms with Gasteiger partial charge in [0.15, 0.2) is 0 Å². The number of carbonyl (C=O) groups is 1. The first-order chi connectivity index (χ1) is 6.99. The summed E-state index contributed by atoms with van der Waals surface area (Å²) in [4.78, 5) is 10.8. The number of hydrogen-bond donors (Lipinski definition) is 1. The van der Waals surface area contributed by atoms with E-state index in [1.54, 1.807) is 18.2 Å². The number of ketones is 1. The Balaban J connectivity index is 2.72. The Bertz CT molecular complexity index is 402. The number of Topliss-reactive ketones (excluding diaryl/α,β-unsaturated/α-hetero) is 1. The standard InChI is InChI=1S/C11H11Cl2NO/c1-7(5-8(2)15)14-11-4-3-9(12)6-10(11)13/h3-4,6,14H,1,5H2,2H3. The van der Waals surface area contributed by atoms with Crippen LogP contribution in [0, 0.1) is 0 Å². The molecule has 0 heterocycles. The van der Waals surface area contributed by atoms with Gasteiger partial charge in [0.05, 0.1) is 10.7 Å². The van der Waals surface area contributed by atoms with E-state index < -0.39 is 0 Å². The highest BCUT2D eigenvalue weighted by molar-refractivity contribution is 6.36. The maximum Gasteiger partial charge on any atom is 0.135 e. The largest absolute Gasteiger partial charge is 0.358 e. The van der Waals surface area contributed by atoms with Crippen LogP contribution in [0.4, 0.5) is 5.69 Å². The van der Waals surface area contributed by atoms with Crippen molar-refractivity contribution in [3.8, 4) is 0 Å². The molecule has 0 unspecified atom stereocenters. The van der Waals surface area contributed by atoms with Gasteiger partial charge < -0.3 is 5.32 Å². The van der Waals surface area contributed by atoms with Gasteiger partial charge in [0, 0.05) is 17.1 Å². The van der Waals surface area contributed by atoms with E-state index in [9.17, 15) is 4.79 Å². The molecule has 0 aliphatic rings. The lowest BCUT2D eigenvalue weighted by Crippen LogP contribution is -2.02. The van der Waals surface area contributed by atoms with Crippen LogP contribution in [-0.4, -0.2) is 5.78 Å². The molecular formula is C11H11Cl2NO. The summed E-state index contributed by atoms with van der Waals surface area (Å²) in [5.74, 6) is 0.0533. The Kier molecular flexibility index (Phi) is 4.18. The molecule has 1 aromatic rings. The Hall–Kier alpha value is -0.990. The van der Waals surface area contributed by atoms with E-state index in [4.69, 9.17) is 23.2 Å². The van der Waals surface area contributed by atoms with E-state index in [1.165, 1.54) is 6.92 Å². The zero-order valence-electron chi connectivity index (χ0n) is 8.31. The monoisotopic (exact) mass is 243 g/mol. The number of benzene rings is 1. The average molecular weight is 244 g/mol. The maximum absolute atomic E-state index is 10.8. The normalized spacial score (nSPS) is 9.80. The molecule has 0 atom stereocenters. The average Bonchev–Trinajstić information content (AvgIpc) is 2.08. The van der Waals surface area contributed by atoms with Crippen molar-refractivity contribution >= 4 is 34.7 Å². The summed E-state index contributed by atoms with van der Waals surface area (Å²) in [5.41, 5.74) is 1.32. The molecule has 1 rings (SSSR count). The summed E-state index contributed by atoms with van der Waals surface area (Å²) < 4.78 is 0. The quantitative estimate of drug-likeness (QED) is 0.870. The third-order valence-corrected chi connectivity index (χ3v) is 2.25. The summed E-state index contributed by atoms with van der Waals surface area (Å²) in [5, 5.41) is 4.04. The molecule has 1 N–H and O–H groups in total. The molecule has 0 aliphatic carbocycles. The lowest BCUT2D eigenvalue weighted by Gasteiger charge is -2.09. The molecule has 0 radical (unpaired) electrons. The molecule has 0 amide bonds. The molecular weight excluding hydrogens is 233 g/mol. The maximum atomic E-state index is 10.8. The van der Waals surface area contributed by atoms with Gasteiger partial charge in [-0.3, -0.25) is 4.79 Å². The van der Waals surface area contributed by atoms with Crippen molar-refractivity contribution in [1.29, 1.82) is 0 Å². The summed E-state index contributed by atoms with van der Waals surface area (Å²) in [6.45, 7) is 5.24. The van der Waals surface area contributed by atoms with Crippen molar-refractivity contribution in [3.63, 3.8) is 0 Å². The van der Waals surface area contributed by atoms with Crippen molar-refractivity contribution in [2.45, 2.75) is 13.3 Å². The van der Waals surface area contributed by atoms with Crippen LogP contribution in [-0.2, 0) is 4.79 Å². The van der Waals surface area contributed by atoms with Crippen LogP contribution in [0.2, 0.25) is 10.0 Å². The number of halogens is 2. The number of nitrogens with one attached hydrogen (secondary N) is 1. The minimum absolute atomic E-state index is 0.0533. The number of anilines is 1. The second-order valence-electron chi connectivity index (χ2n) is 3.23. The summed E-state index contributed by atoms with van der Waals surface area (Å²) in [6.07, 6.45) is 0.291. The Labute approximate surface area is 98.9 Å². The Morgan fingerprint density at radius 3 is 2.67 bits per heavy atom. The second-order valence-corrected chi connectivity index (χ2v) is 4.08. The van der Waals surface area contributed by atoms with Crippen molar-refractivity contribution in [3.05, 3.63) is 40.5 Å². The second kappa shape index (κ2) is 5.19. The molecule has 4 heteroatoms. The van der Waals surface area contributed by atoms with Gasteiger partial charge in [-0.15, -0.1) is 0 Å². The molecule has 2 nitrogen and oxygen atoms in total. The molecule has 0 saturated heterocycles. The molecule has 0 aromatic heterocycles. The number of rotatable bonds is 4. The zero-order valence-corrected chi connectivity index (χ0v) is 9.82. The van der Waals surface area contributed by atoms with Crippen LogP contribution in [0.25, 0.3) is 0 Å². The van der Waals surface area contributed by atoms with Crippen LogP contribution in [0.3, 0.4) is 0 Å². The predicted octanol–water partition coefficient (Wildman–Crippen LogP) is 3.90. The van der Waals surface area contributed by atoms with Gasteiger partial charge in [0.25, 0.3) is 0 Å². The fourth-order valence-corrected chi connectivity index (χ4v) is 1.58. The molecule has 80 valence electrons. The SMILES string of the molecule is C=C(CC(C)=O)Nc1ccc(Cl)cc1Cl. The minimum atomic E-state index is 0.0533. The van der Waals surface area contributed by atoms with Crippen molar-refractivity contribution < 1.29 is 4.79 Å². The Morgan fingerprint density at radius 1 is 1.47 bits per heavy atom. The van der Waals surface area contributed by atoms with E-state index in [0.717, 1.165) is 0 Å². The summed E-state index contributed by atoms with van der Waals surface area (Å²) in [7, 11) is 0. The van der Waals surface area contributed by atoms with E-state index in [1.807, 2.05) is 0 Å². The molecule has 1 aromatic carbocycles. The van der Waals surface area contributed by atoms with Gasteiger partial charge in [-0.25, -0.2) is 0 Å². The lowest BCUT2D eigenvalue weighted by molar-refractivity contribution is -0.116. The van der Waals surface area contributed by atoms with Gasteiger partial charge >= 0.3 is 0 Å². The highest BCUT2D eigenvalue weighted by Gasteiger charge is 2.03. The van der Waals surface area contributed by atoms with Gasteiger partial charge in [0.2, 0.25) is 0 Å². The van der Waals surface area contributed by atoms with Crippen LogP contribution in [0.15, 0.2) is 30.5 Å². The van der Waals surface area contributed by atoms with Gasteiger partial charge in [-0.2, -0.15) is 0 Å². The van der Waals surface area contributed by atoms with E-state index >= 15 is 0 Å². The van der Waals surface area contributed by atoms with Gasteiger partial charge in [0.1, 0.15) is 5.78 Å². The summed E-state index contributed by atoms with van der Waals surface area (Å²) >= 11 is 11.7. The zero-order chi connectivity index (χ0) is 11.4. The third-order valence-electron chi connectivity index (χ3n) is 1.70. The van der Waals surface area contributed by atoms with E-state index in [2.05, 4.69) is 11.9 Å². The fourth-order valence-electron chi connectivity index (χ4n) is 1.13. The first-order valence-corrected chi connectivity index (χ1v) is 5.14. The molecule has 0 saturated carbocycles. The first-order valence-electron chi connectivity index (χ1n) is 4.38. The number of allylic oxidation sites excluding steroid dienone is 1. The predicted molar refractivity (Wildman–Crippen MR) is 64.5 cm³/mol. The molecule has 15 heavy (non-hydrogen) atoms. The number of hydrogen-bond acceptors (Lipinski definition) is 2. The Morgan fingerprint density at radius 2 is 2.13 bits per heavy atom. The number of carbonyl (C=O) groups excluding carboxylic acids is 1. The third kappa shape index (κ3) is 3.94. The smallest absolute Gasteiger partial charge is 0.135 e. The minimum Gasteiger partial charge on any atom is -0.358 e. The highest BCUT2D eigenvalue weighted by atomic mass is 35.5. The van der Waals surface area contributed by atoms with Gasteiger partial charge in [-0.05, 0) is 25.1 Å². The van der Waals surface area contributed by atoms with Crippen LogP contribution >= 0.6 is 23.2 Å². The lowest BCUT2D eigenvalue weighted by atomic mass is 10.2. The van der Waals surface area contributed by atoms with E-state index in [-0.39, 0.29) is 5.78 Å². The first kappa shape index (κ1) is 12.1.